The van der Waals surface area contributed by atoms with Gasteiger partial charge in [-0.05, 0) is 86.5 Å². The number of rotatable bonds is 6. The molecule has 4 aliphatic carbocycles. The molecule has 7 rings (SSSR count). The molecular formula is C35H54O14. The summed E-state index contributed by atoms with van der Waals surface area (Å²) in [7, 11) is 0. The SMILES string of the molecule is CC1OC(OC2CC(O)C3(C)C(CCC4C3CCC3(C)C(C5=CC(=O)OC5)CCC43O)C2)C(O)C(O)C1OC1OC(CO)C(O)C(O)C1O. The Morgan fingerprint density at radius 3 is 2.24 bits per heavy atom. The first-order valence-corrected chi connectivity index (χ1v) is 18.0. The minimum absolute atomic E-state index is 0.0170. The van der Waals surface area contributed by atoms with E-state index in [9.17, 15) is 45.6 Å². The van der Waals surface area contributed by atoms with Crippen molar-refractivity contribution in [3.63, 3.8) is 0 Å². The number of hydrogen-bond acceptors (Lipinski definition) is 14. The Bertz CT molecular complexity index is 1280. The zero-order valence-corrected chi connectivity index (χ0v) is 28.4. The first-order chi connectivity index (χ1) is 23.1. The van der Waals surface area contributed by atoms with Crippen LogP contribution in [0.25, 0.3) is 0 Å². The maximum absolute atomic E-state index is 12.5. The van der Waals surface area contributed by atoms with Crippen LogP contribution in [0.2, 0.25) is 0 Å². The van der Waals surface area contributed by atoms with Gasteiger partial charge in [-0.15, -0.1) is 0 Å². The second kappa shape index (κ2) is 13.0. The van der Waals surface area contributed by atoms with Crippen molar-refractivity contribution < 1.29 is 69.3 Å². The Kier molecular flexibility index (Phi) is 9.57. The van der Waals surface area contributed by atoms with Crippen molar-refractivity contribution in [2.24, 2.45) is 34.5 Å². The summed E-state index contributed by atoms with van der Waals surface area (Å²) in [6, 6.07) is 0. The zero-order valence-electron chi connectivity index (χ0n) is 28.4. The Morgan fingerprint density at radius 2 is 1.55 bits per heavy atom. The fourth-order valence-corrected chi connectivity index (χ4v) is 11.4. The number of fused-ring (bicyclic) bond motifs is 5. The van der Waals surface area contributed by atoms with Crippen LogP contribution in [0.3, 0.4) is 0 Å². The molecule has 19 atom stereocenters. The molecule has 0 amide bonds. The smallest absolute Gasteiger partial charge is 0.331 e. The van der Waals surface area contributed by atoms with Crippen LogP contribution in [-0.2, 0) is 28.5 Å². The van der Waals surface area contributed by atoms with Crippen molar-refractivity contribution >= 4 is 5.97 Å². The highest BCUT2D eigenvalue weighted by molar-refractivity contribution is 5.85. The number of esters is 1. The number of ether oxygens (including phenoxy) is 5. The van der Waals surface area contributed by atoms with E-state index in [1.54, 1.807) is 13.0 Å². The molecule has 0 radical (unpaired) electrons. The summed E-state index contributed by atoms with van der Waals surface area (Å²) >= 11 is 0. The van der Waals surface area contributed by atoms with Gasteiger partial charge in [-0.1, -0.05) is 13.8 Å². The molecule has 278 valence electrons. The molecule has 2 saturated heterocycles. The highest BCUT2D eigenvalue weighted by Gasteiger charge is 2.69. The van der Waals surface area contributed by atoms with E-state index in [-0.39, 0.29) is 35.1 Å². The van der Waals surface area contributed by atoms with Gasteiger partial charge in [-0.25, -0.2) is 4.79 Å². The molecule has 14 nitrogen and oxygen atoms in total. The quantitative estimate of drug-likeness (QED) is 0.126. The van der Waals surface area contributed by atoms with Gasteiger partial charge in [-0.3, -0.25) is 0 Å². The normalized spacial score (nSPS) is 56.0. The van der Waals surface area contributed by atoms with Crippen LogP contribution in [0, 0.1) is 34.5 Å². The predicted molar refractivity (Wildman–Crippen MR) is 167 cm³/mol. The summed E-state index contributed by atoms with van der Waals surface area (Å²) in [6.45, 7) is 5.57. The van der Waals surface area contributed by atoms with Crippen LogP contribution in [0.4, 0.5) is 0 Å². The summed E-state index contributed by atoms with van der Waals surface area (Å²) in [4.78, 5) is 11.9. The fraction of sp³-hybridized carbons (Fsp3) is 0.914. The van der Waals surface area contributed by atoms with Crippen molar-refractivity contribution in [2.75, 3.05) is 13.2 Å². The van der Waals surface area contributed by atoms with Gasteiger partial charge in [0.15, 0.2) is 12.6 Å². The van der Waals surface area contributed by atoms with E-state index >= 15 is 0 Å². The number of carbonyl (C=O) groups excluding carboxylic acids is 1. The summed E-state index contributed by atoms with van der Waals surface area (Å²) in [5.74, 6) is -0.00126. The van der Waals surface area contributed by atoms with Gasteiger partial charge >= 0.3 is 5.97 Å². The highest BCUT2D eigenvalue weighted by atomic mass is 16.7. The fourth-order valence-electron chi connectivity index (χ4n) is 11.4. The van der Waals surface area contributed by atoms with Crippen LogP contribution in [0.15, 0.2) is 11.6 Å². The highest BCUT2D eigenvalue weighted by Crippen LogP contribution is 2.70. The van der Waals surface area contributed by atoms with Gasteiger partial charge in [0.2, 0.25) is 0 Å². The minimum Gasteiger partial charge on any atom is -0.458 e. The van der Waals surface area contributed by atoms with Crippen LogP contribution in [-0.4, -0.2) is 139 Å². The van der Waals surface area contributed by atoms with Crippen molar-refractivity contribution in [3.05, 3.63) is 11.6 Å². The Morgan fingerprint density at radius 1 is 0.837 bits per heavy atom. The Hall–Kier alpha value is -1.27. The molecule has 14 heteroatoms. The van der Waals surface area contributed by atoms with Crippen molar-refractivity contribution in [3.8, 4) is 0 Å². The standard InChI is InChI=1S/C35H54O14/c1-15-30(49-32-28(42)26(40)25(39)22(13-36)48-32)27(41)29(43)31(46-15)47-18-11-17-4-5-21-20(34(17,3)23(37)12-18)6-8-33(2)19(7-9-35(21,33)44)16-10-24(38)45-14-16/h10,15,17-23,25-32,36-37,39-44H,4-9,11-14H2,1-3H3. The van der Waals surface area contributed by atoms with E-state index < -0.39 is 91.2 Å². The third kappa shape index (κ3) is 5.56. The van der Waals surface area contributed by atoms with Crippen LogP contribution in [0.5, 0.6) is 0 Å². The topological polar surface area (TPSA) is 225 Å². The molecule has 7 aliphatic rings. The minimum atomic E-state index is -1.69. The Balaban J connectivity index is 1.00. The van der Waals surface area contributed by atoms with Crippen LogP contribution >= 0.6 is 0 Å². The summed E-state index contributed by atoms with van der Waals surface area (Å²) < 4.78 is 28.6. The van der Waals surface area contributed by atoms with Gasteiger partial charge < -0.3 is 64.5 Å². The number of aliphatic hydroxyl groups excluding tert-OH is 7. The third-order valence-corrected chi connectivity index (χ3v) is 14.3. The van der Waals surface area contributed by atoms with E-state index in [1.165, 1.54) is 0 Å². The van der Waals surface area contributed by atoms with Crippen molar-refractivity contribution in [1.82, 2.24) is 0 Å². The van der Waals surface area contributed by atoms with Gasteiger partial charge in [0.1, 0.15) is 49.3 Å². The van der Waals surface area contributed by atoms with E-state index in [2.05, 4.69) is 13.8 Å². The lowest BCUT2D eigenvalue weighted by molar-refractivity contribution is -0.361. The maximum Gasteiger partial charge on any atom is 0.331 e. The predicted octanol–water partition coefficient (Wildman–Crippen LogP) is -0.749. The third-order valence-electron chi connectivity index (χ3n) is 14.3. The largest absolute Gasteiger partial charge is 0.458 e. The molecule has 0 bridgehead atoms. The molecule has 0 aromatic carbocycles. The maximum atomic E-state index is 12.5. The van der Waals surface area contributed by atoms with Gasteiger partial charge in [0, 0.05) is 17.9 Å². The second-order valence-electron chi connectivity index (χ2n) is 16.4. The van der Waals surface area contributed by atoms with Crippen LogP contribution in [0.1, 0.15) is 72.1 Å². The Labute approximate surface area is 285 Å². The molecule has 3 heterocycles. The lowest BCUT2D eigenvalue weighted by atomic mass is 9.42. The van der Waals surface area contributed by atoms with Crippen molar-refractivity contribution in [2.45, 2.75) is 151 Å². The molecular weight excluding hydrogens is 644 g/mol. The van der Waals surface area contributed by atoms with Crippen LogP contribution < -0.4 is 0 Å². The second-order valence-corrected chi connectivity index (χ2v) is 16.4. The number of carbonyl (C=O) groups is 1. The molecule has 19 unspecified atom stereocenters. The van der Waals surface area contributed by atoms with Gasteiger partial charge in [0.05, 0.1) is 30.5 Å². The lowest BCUT2D eigenvalue weighted by Crippen LogP contribution is -2.66. The van der Waals surface area contributed by atoms with Crippen molar-refractivity contribution in [1.29, 1.82) is 0 Å². The molecule has 8 N–H and O–H groups in total. The molecule has 4 saturated carbocycles. The molecule has 0 aromatic rings. The monoisotopic (exact) mass is 698 g/mol. The lowest BCUT2D eigenvalue weighted by Gasteiger charge is -2.64. The van der Waals surface area contributed by atoms with Gasteiger partial charge in [0.25, 0.3) is 0 Å². The molecule has 0 spiro atoms. The van der Waals surface area contributed by atoms with E-state index in [1.807, 2.05) is 0 Å². The zero-order chi connectivity index (χ0) is 35.2. The number of hydrogen-bond donors (Lipinski definition) is 8. The van der Waals surface area contributed by atoms with E-state index in [0.29, 0.717) is 25.9 Å². The number of aliphatic hydroxyl groups is 8. The molecule has 3 aliphatic heterocycles. The molecule has 6 fully saturated rings. The summed E-state index contributed by atoms with van der Waals surface area (Å²) in [6.07, 6.45) is -7.99. The van der Waals surface area contributed by atoms with Gasteiger partial charge in [-0.2, -0.15) is 0 Å². The molecule has 49 heavy (non-hydrogen) atoms. The van der Waals surface area contributed by atoms with E-state index in [4.69, 9.17) is 23.7 Å². The molecule has 0 aromatic heterocycles. The number of cyclic esters (lactones) is 1. The van der Waals surface area contributed by atoms with E-state index in [0.717, 1.165) is 37.7 Å². The average Bonchev–Trinajstić information content (AvgIpc) is 3.61. The summed E-state index contributed by atoms with van der Waals surface area (Å²) in [5.41, 5.74) is -0.752. The summed E-state index contributed by atoms with van der Waals surface area (Å²) in [5, 5.41) is 86.6. The average molecular weight is 699 g/mol. The first-order valence-electron chi connectivity index (χ1n) is 18.0. The first kappa shape index (κ1) is 36.1.